The van der Waals surface area contributed by atoms with E-state index in [2.05, 4.69) is 44.0 Å². The average Bonchev–Trinajstić information content (AvgIpc) is 3.75. The third kappa shape index (κ3) is 7.61. The summed E-state index contributed by atoms with van der Waals surface area (Å²) in [7, 11) is 0. The first kappa shape index (κ1) is 41.3. The fraction of sp³-hybridized carbons (Fsp3) is 0.620. The number of carbonyl (C=O) groups is 3. The van der Waals surface area contributed by atoms with Crippen LogP contribution in [0.1, 0.15) is 137 Å². The van der Waals surface area contributed by atoms with Gasteiger partial charge in [-0.3, -0.25) is 19.3 Å². The van der Waals surface area contributed by atoms with Crippen LogP contribution in [0, 0.1) is 35.0 Å². The predicted molar refractivity (Wildman–Crippen MR) is 228 cm³/mol. The van der Waals surface area contributed by atoms with Crippen LogP contribution in [0.2, 0.25) is 0 Å². The lowest BCUT2D eigenvalue weighted by Gasteiger charge is -2.49. The number of ether oxygens (including phenoxy) is 1. The zero-order valence-corrected chi connectivity index (χ0v) is 35.4. The second-order valence-electron chi connectivity index (χ2n) is 19.4. The predicted octanol–water partition coefficient (Wildman–Crippen LogP) is 8.22. The van der Waals surface area contributed by atoms with Gasteiger partial charge in [-0.1, -0.05) is 80.5 Å². The quantitative estimate of drug-likeness (QED) is 0.106. The molecule has 2 saturated carbocycles. The highest BCUT2D eigenvalue weighted by Crippen LogP contribution is 2.65. The summed E-state index contributed by atoms with van der Waals surface area (Å²) in [6.07, 6.45) is 14.4. The normalized spacial score (nSPS) is 34.8. The number of allylic oxidation sites excluding steroid dienone is 2. The van der Waals surface area contributed by atoms with Gasteiger partial charge in [-0.25, -0.2) is 0 Å². The molecule has 1 unspecified atom stereocenters. The summed E-state index contributed by atoms with van der Waals surface area (Å²) >= 11 is 0. The van der Waals surface area contributed by atoms with Crippen LogP contribution >= 0.6 is 0 Å². The molecule has 1 amide bonds. The SMILES string of the molecule is CC1=C2C[C@H]3[C@@H](CC=C4C[C@@H](O)CC[C@@]43C)[C@@H]2CC[C@]12O[C@@H]1C[C@H](C)CN(CCCC(=O)C(CCCCN)NC(=O)c3ccc(C(=O)c4ccccc4)cc3)[C@H]1[C@H]2C. The molecular weight excluding hydrogens is 723 g/mol. The molecule has 312 valence electrons. The van der Waals surface area contributed by atoms with Crippen LogP contribution in [0.15, 0.2) is 77.4 Å². The van der Waals surface area contributed by atoms with Gasteiger partial charge in [-0.05, 0) is 144 Å². The third-order valence-corrected chi connectivity index (χ3v) is 16.1. The van der Waals surface area contributed by atoms with Crippen LogP contribution in [0.5, 0.6) is 0 Å². The monoisotopic (exact) mass is 790 g/mol. The standard InChI is InChI=1S/C50H67N3O5/c1-31-27-45-46(33(3)50(58-45)24-22-39-40-20-19-37-28-38(54)21-23-49(37,4)42(40)29-41(39)32(50)2)53(30-31)26-10-14-44(55)43(13-8-9-25-51)52-48(57)36-17-15-35(16-18-36)47(56)34-11-6-5-7-12-34/h5-7,11-12,15-19,31,33,38-40,42-43,45-46,54H,8-10,13-14,20-30,51H2,1-4H3,(H,52,57)/t31-,33+,38-,39-,40-,42-,43?,45+,46-,49-,50-/m0/s1. The second kappa shape index (κ2) is 16.9. The molecule has 4 fully saturated rings. The number of hydrogen-bond donors (Lipinski definition) is 3. The number of fused-ring (bicyclic) bond motifs is 6. The van der Waals surface area contributed by atoms with Gasteiger partial charge in [0, 0.05) is 41.6 Å². The number of nitrogens with one attached hydrogen (secondary N) is 1. The lowest BCUT2D eigenvalue weighted by Crippen LogP contribution is -2.52. The first-order valence-electron chi connectivity index (χ1n) is 22.7. The summed E-state index contributed by atoms with van der Waals surface area (Å²) in [6.45, 7) is 12.1. The van der Waals surface area contributed by atoms with Crippen molar-refractivity contribution < 1.29 is 24.2 Å². The number of hydrogen-bond acceptors (Lipinski definition) is 7. The molecule has 0 aromatic heterocycles. The molecule has 2 saturated heterocycles. The molecule has 8 rings (SSSR count). The van der Waals surface area contributed by atoms with Crippen LogP contribution in [0.4, 0.5) is 0 Å². The highest BCUT2D eigenvalue weighted by atomic mass is 16.5. The largest absolute Gasteiger partial charge is 0.393 e. The molecule has 2 aliphatic heterocycles. The fourth-order valence-corrected chi connectivity index (χ4v) is 12.9. The van der Waals surface area contributed by atoms with Crippen molar-refractivity contribution in [1.29, 1.82) is 0 Å². The Morgan fingerprint density at radius 2 is 1.71 bits per heavy atom. The molecule has 0 radical (unpaired) electrons. The highest BCUT2D eigenvalue weighted by Gasteiger charge is 2.61. The van der Waals surface area contributed by atoms with Gasteiger partial charge in [0.1, 0.15) is 0 Å². The zero-order valence-electron chi connectivity index (χ0n) is 35.4. The third-order valence-electron chi connectivity index (χ3n) is 16.1. The molecule has 11 atom stereocenters. The summed E-state index contributed by atoms with van der Waals surface area (Å²) in [6, 6.07) is 15.5. The summed E-state index contributed by atoms with van der Waals surface area (Å²) in [4.78, 5) is 42.9. The maximum absolute atomic E-state index is 13.9. The minimum Gasteiger partial charge on any atom is -0.393 e. The number of aliphatic hydroxyl groups excluding tert-OH is 1. The van der Waals surface area contributed by atoms with Gasteiger partial charge in [0.05, 0.1) is 23.9 Å². The van der Waals surface area contributed by atoms with E-state index >= 15 is 0 Å². The first-order valence-corrected chi connectivity index (χ1v) is 22.7. The minimum absolute atomic E-state index is 0.0652. The van der Waals surface area contributed by atoms with Crippen LogP contribution < -0.4 is 11.1 Å². The zero-order chi connectivity index (χ0) is 40.8. The molecule has 8 heteroatoms. The van der Waals surface area contributed by atoms with Crippen molar-refractivity contribution in [2.45, 2.75) is 141 Å². The molecule has 8 nitrogen and oxygen atoms in total. The molecule has 2 aromatic rings. The van der Waals surface area contributed by atoms with E-state index in [0.29, 0.717) is 71.7 Å². The van der Waals surface area contributed by atoms with Crippen molar-refractivity contribution in [3.8, 4) is 0 Å². The van der Waals surface area contributed by atoms with Crippen LogP contribution in [-0.2, 0) is 9.53 Å². The number of likely N-dealkylation sites (tertiary alicyclic amines) is 1. The Morgan fingerprint density at radius 3 is 2.47 bits per heavy atom. The Kier molecular flexibility index (Phi) is 12.0. The van der Waals surface area contributed by atoms with E-state index in [-0.39, 0.29) is 40.7 Å². The van der Waals surface area contributed by atoms with Crippen molar-refractivity contribution in [2.75, 3.05) is 19.6 Å². The number of piperidine rings is 1. The van der Waals surface area contributed by atoms with E-state index < -0.39 is 6.04 Å². The van der Waals surface area contributed by atoms with Gasteiger partial charge >= 0.3 is 0 Å². The van der Waals surface area contributed by atoms with Crippen LogP contribution in [-0.4, -0.2) is 77.0 Å². The Bertz CT molecular complexity index is 1910. The van der Waals surface area contributed by atoms with Crippen molar-refractivity contribution in [3.05, 3.63) is 94.1 Å². The molecule has 6 aliphatic rings. The van der Waals surface area contributed by atoms with Gasteiger partial charge in [-0.2, -0.15) is 0 Å². The number of rotatable bonds is 13. The summed E-state index contributed by atoms with van der Waals surface area (Å²) in [5.74, 6) is 2.57. The lowest BCUT2D eigenvalue weighted by molar-refractivity contribution is -0.121. The molecule has 1 spiro atoms. The first-order chi connectivity index (χ1) is 27.9. The van der Waals surface area contributed by atoms with Crippen LogP contribution in [0.3, 0.4) is 0 Å². The fourth-order valence-electron chi connectivity index (χ4n) is 12.9. The van der Waals surface area contributed by atoms with Crippen molar-refractivity contribution >= 4 is 17.5 Å². The molecule has 58 heavy (non-hydrogen) atoms. The van der Waals surface area contributed by atoms with E-state index in [1.165, 1.54) is 24.0 Å². The number of nitrogens with zero attached hydrogens (tertiary/aromatic N) is 1. The minimum atomic E-state index is -0.582. The van der Waals surface area contributed by atoms with Crippen molar-refractivity contribution in [2.24, 2.45) is 40.7 Å². The molecule has 4 aliphatic carbocycles. The maximum Gasteiger partial charge on any atom is 0.251 e. The Balaban J connectivity index is 0.914. The maximum atomic E-state index is 13.9. The topological polar surface area (TPSA) is 122 Å². The number of ketones is 2. The summed E-state index contributed by atoms with van der Waals surface area (Å²) < 4.78 is 7.39. The van der Waals surface area contributed by atoms with E-state index in [4.69, 9.17) is 10.5 Å². The smallest absolute Gasteiger partial charge is 0.251 e. The Hall–Kier alpha value is -3.43. The van der Waals surface area contributed by atoms with Gasteiger partial charge in [-0.15, -0.1) is 0 Å². The molecule has 2 heterocycles. The number of carbonyl (C=O) groups excluding carboxylic acids is 3. The highest BCUT2D eigenvalue weighted by molar-refractivity contribution is 6.09. The number of amides is 1. The van der Waals surface area contributed by atoms with Crippen molar-refractivity contribution in [3.63, 3.8) is 0 Å². The number of benzene rings is 2. The van der Waals surface area contributed by atoms with Gasteiger partial charge < -0.3 is 20.9 Å². The van der Waals surface area contributed by atoms with Crippen molar-refractivity contribution in [1.82, 2.24) is 10.2 Å². The lowest BCUT2D eigenvalue weighted by atomic mass is 9.56. The van der Waals surface area contributed by atoms with E-state index in [1.807, 2.05) is 18.2 Å². The van der Waals surface area contributed by atoms with Gasteiger partial charge in [0.25, 0.3) is 5.91 Å². The Labute approximate surface area is 346 Å². The van der Waals surface area contributed by atoms with Gasteiger partial charge in [0.15, 0.2) is 11.6 Å². The average molecular weight is 790 g/mol. The molecule has 2 aromatic carbocycles. The number of aliphatic hydroxyl groups is 1. The van der Waals surface area contributed by atoms with Crippen LogP contribution in [0.25, 0.3) is 0 Å². The molecule has 0 bridgehead atoms. The van der Waals surface area contributed by atoms with E-state index in [1.54, 1.807) is 42.0 Å². The summed E-state index contributed by atoms with van der Waals surface area (Å²) in [5, 5.41) is 13.6. The Morgan fingerprint density at radius 1 is 0.966 bits per heavy atom. The number of Topliss-reactive ketones (excluding diaryl/α,β-unsaturated/α-hetero) is 1. The molecule has 4 N–H and O–H groups in total. The van der Waals surface area contributed by atoms with E-state index in [0.717, 1.165) is 70.9 Å². The summed E-state index contributed by atoms with van der Waals surface area (Å²) in [5.41, 5.74) is 12.1. The van der Waals surface area contributed by atoms with Gasteiger partial charge in [0.2, 0.25) is 0 Å². The van der Waals surface area contributed by atoms with E-state index in [9.17, 15) is 19.5 Å². The number of unbranched alkanes of at least 4 members (excludes halogenated alkanes) is 1. The number of nitrogens with two attached hydrogens (primary N) is 1. The second-order valence-corrected chi connectivity index (χ2v) is 19.4. The molecular formula is C50H67N3O5.